The van der Waals surface area contributed by atoms with Crippen LogP contribution in [0.25, 0.3) is 0 Å². The monoisotopic (exact) mass is 446 g/mol. The molecule has 1 aromatic heterocycles. The molecule has 168 valence electrons. The summed E-state index contributed by atoms with van der Waals surface area (Å²) in [5.41, 5.74) is 7.80. The lowest BCUT2D eigenvalue weighted by Gasteiger charge is -2.37. The summed E-state index contributed by atoms with van der Waals surface area (Å²) in [6.45, 7) is 3.68. The molecule has 4 rings (SSSR count). The summed E-state index contributed by atoms with van der Waals surface area (Å²) >= 11 is 1.52. The highest BCUT2D eigenvalue weighted by Crippen LogP contribution is 2.37. The maximum Gasteiger partial charge on any atom is 0.231 e. The fourth-order valence-corrected chi connectivity index (χ4v) is 5.42. The number of methoxy groups -OCH3 is 3. The van der Waals surface area contributed by atoms with E-state index in [0.717, 1.165) is 55.1 Å². The standard InChI is InChI=1S/C22H30N4O4S/c1-28-14-11-17(29-2)16(18(12-14)30-3)13-25-7-9-26(10-8-25)21(27)15-5-4-6-19-20(15)24-22(23)31-19/h11-12,15H,4-10,13H2,1-3H3,(H2,23,24). The molecule has 1 amide bonds. The van der Waals surface area contributed by atoms with Crippen molar-refractivity contribution >= 4 is 22.4 Å². The third-order valence-electron chi connectivity index (χ3n) is 6.15. The third kappa shape index (κ3) is 4.43. The highest BCUT2D eigenvalue weighted by molar-refractivity contribution is 7.15. The van der Waals surface area contributed by atoms with Crippen LogP contribution in [0.5, 0.6) is 17.2 Å². The van der Waals surface area contributed by atoms with E-state index in [1.54, 1.807) is 21.3 Å². The van der Waals surface area contributed by atoms with Gasteiger partial charge in [0.15, 0.2) is 5.13 Å². The fourth-order valence-electron chi connectivity index (χ4n) is 4.48. The molecule has 0 saturated carbocycles. The van der Waals surface area contributed by atoms with E-state index in [2.05, 4.69) is 9.88 Å². The Balaban J connectivity index is 1.41. The number of nitrogen functional groups attached to an aromatic ring is 1. The number of carbonyl (C=O) groups is 1. The van der Waals surface area contributed by atoms with E-state index in [0.29, 0.717) is 30.5 Å². The van der Waals surface area contributed by atoms with E-state index >= 15 is 0 Å². The van der Waals surface area contributed by atoms with Crippen molar-refractivity contribution in [2.45, 2.75) is 31.7 Å². The van der Waals surface area contributed by atoms with Crippen LogP contribution in [-0.4, -0.2) is 68.2 Å². The molecular formula is C22H30N4O4S. The SMILES string of the molecule is COc1cc(OC)c(CN2CCN(C(=O)C3CCCc4sc(N)nc43)CC2)c(OC)c1. The zero-order valence-electron chi connectivity index (χ0n) is 18.3. The van der Waals surface area contributed by atoms with Gasteiger partial charge in [0.05, 0.1) is 38.5 Å². The van der Waals surface area contributed by atoms with Gasteiger partial charge in [-0.1, -0.05) is 0 Å². The van der Waals surface area contributed by atoms with Gasteiger partial charge in [-0.3, -0.25) is 9.69 Å². The van der Waals surface area contributed by atoms with Crippen molar-refractivity contribution < 1.29 is 19.0 Å². The highest BCUT2D eigenvalue weighted by atomic mass is 32.1. The summed E-state index contributed by atoms with van der Waals surface area (Å²) < 4.78 is 16.5. The van der Waals surface area contributed by atoms with Gasteiger partial charge in [-0.15, -0.1) is 11.3 Å². The van der Waals surface area contributed by atoms with Crippen molar-refractivity contribution in [1.82, 2.24) is 14.8 Å². The molecule has 31 heavy (non-hydrogen) atoms. The van der Waals surface area contributed by atoms with Crippen LogP contribution >= 0.6 is 11.3 Å². The van der Waals surface area contributed by atoms with Gasteiger partial charge >= 0.3 is 0 Å². The number of piperazine rings is 1. The van der Waals surface area contributed by atoms with Gasteiger partial charge in [-0.2, -0.15) is 0 Å². The number of aryl methyl sites for hydroxylation is 1. The van der Waals surface area contributed by atoms with E-state index < -0.39 is 0 Å². The Hall–Kier alpha value is -2.52. The van der Waals surface area contributed by atoms with E-state index in [4.69, 9.17) is 19.9 Å². The predicted molar refractivity (Wildman–Crippen MR) is 120 cm³/mol. The quantitative estimate of drug-likeness (QED) is 0.729. The number of thiazole rings is 1. The molecule has 1 saturated heterocycles. The second kappa shape index (κ2) is 9.32. The van der Waals surface area contributed by atoms with E-state index in [9.17, 15) is 4.79 Å². The summed E-state index contributed by atoms with van der Waals surface area (Å²) in [6, 6.07) is 3.75. The van der Waals surface area contributed by atoms with E-state index in [-0.39, 0.29) is 11.8 Å². The predicted octanol–water partition coefficient (Wildman–Crippen LogP) is 2.52. The Morgan fingerprint density at radius 3 is 2.42 bits per heavy atom. The molecule has 1 atom stereocenters. The minimum absolute atomic E-state index is 0.148. The Kier molecular flexibility index (Phi) is 6.52. The molecule has 0 spiro atoms. The Morgan fingerprint density at radius 2 is 1.81 bits per heavy atom. The zero-order chi connectivity index (χ0) is 22.0. The first-order valence-corrected chi connectivity index (χ1v) is 11.4. The van der Waals surface area contributed by atoms with Crippen LogP contribution in [0.4, 0.5) is 5.13 Å². The molecule has 8 nitrogen and oxygen atoms in total. The van der Waals surface area contributed by atoms with Crippen molar-refractivity contribution in [3.8, 4) is 17.2 Å². The van der Waals surface area contributed by atoms with Crippen LogP contribution < -0.4 is 19.9 Å². The number of anilines is 1. The smallest absolute Gasteiger partial charge is 0.231 e. The van der Waals surface area contributed by atoms with Crippen molar-refractivity contribution in [2.24, 2.45) is 0 Å². The second-order valence-electron chi connectivity index (χ2n) is 7.92. The molecule has 2 heterocycles. The van der Waals surface area contributed by atoms with Gasteiger partial charge in [0, 0.05) is 49.7 Å². The Labute approximate surface area is 186 Å². The van der Waals surface area contributed by atoms with Crippen LogP contribution in [0.3, 0.4) is 0 Å². The van der Waals surface area contributed by atoms with Gasteiger partial charge in [0.25, 0.3) is 0 Å². The number of benzene rings is 1. The normalized spacial score (nSPS) is 19.1. The minimum atomic E-state index is -0.148. The summed E-state index contributed by atoms with van der Waals surface area (Å²) in [4.78, 5) is 23.2. The molecule has 2 aromatic rings. The first-order chi connectivity index (χ1) is 15.0. The topological polar surface area (TPSA) is 90.2 Å². The molecule has 9 heteroatoms. The molecule has 0 bridgehead atoms. The number of hydrogen-bond donors (Lipinski definition) is 1. The fraction of sp³-hybridized carbons (Fsp3) is 0.545. The second-order valence-corrected chi connectivity index (χ2v) is 9.03. The summed E-state index contributed by atoms with van der Waals surface area (Å²) in [6.07, 6.45) is 2.85. The van der Waals surface area contributed by atoms with Gasteiger partial charge in [0.2, 0.25) is 5.91 Å². The van der Waals surface area contributed by atoms with Crippen LogP contribution in [-0.2, 0) is 17.8 Å². The van der Waals surface area contributed by atoms with Gasteiger partial charge in [-0.05, 0) is 19.3 Å². The molecule has 1 fully saturated rings. The van der Waals surface area contributed by atoms with Crippen molar-refractivity contribution in [3.63, 3.8) is 0 Å². The van der Waals surface area contributed by atoms with E-state index in [1.165, 1.54) is 16.2 Å². The first-order valence-electron chi connectivity index (χ1n) is 10.6. The zero-order valence-corrected chi connectivity index (χ0v) is 19.2. The molecule has 2 aliphatic rings. The molecule has 1 aromatic carbocycles. The van der Waals surface area contributed by atoms with Crippen molar-refractivity contribution in [1.29, 1.82) is 0 Å². The number of nitrogens with zero attached hydrogens (tertiary/aromatic N) is 3. The average Bonchev–Trinajstić information content (AvgIpc) is 3.19. The summed E-state index contributed by atoms with van der Waals surface area (Å²) in [5.74, 6) is 2.22. The Bertz CT molecular complexity index is 915. The summed E-state index contributed by atoms with van der Waals surface area (Å²) in [7, 11) is 4.93. The minimum Gasteiger partial charge on any atom is -0.496 e. The lowest BCUT2D eigenvalue weighted by Crippen LogP contribution is -2.49. The number of fused-ring (bicyclic) bond motifs is 1. The largest absolute Gasteiger partial charge is 0.496 e. The number of carbonyl (C=O) groups excluding carboxylic acids is 1. The van der Waals surface area contributed by atoms with Crippen LogP contribution in [0, 0.1) is 0 Å². The van der Waals surface area contributed by atoms with E-state index in [1.807, 2.05) is 17.0 Å². The van der Waals surface area contributed by atoms with Gasteiger partial charge in [-0.25, -0.2) is 4.98 Å². The average molecular weight is 447 g/mol. The van der Waals surface area contributed by atoms with Crippen LogP contribution in [0.1, 0.15) is 34.9 Å². The molecule has 2 N–H and O–H groups in total. The number of hydrogen-bond acceptors (Lipinski definition) is 8. The van der Waals surface area contributed by atoms with Crippen LogP contribution in [0.15, 0.2) is 12.1 Å². The number of rotatable bonds is 6. The molecule has 1 aliphatic heterocycles. The van der Waals surface area contributed by atoms with Gasteiger partial charge in [0.1, 0.15) is 17.2 Å². The first kappa shape index (κ1) is 21.7. The maximum absolute atomic E-state index is 13.2. The lowest BCUT2D eigenvalue weighted by molar-refractivity contribution is -0.135. The van der Waals surface area contributed by atoms with Crippen molar-refractivity contribution in [3.05, 3.63) is 28.3 Å². The van der Waals surface area contributed by atoms with Gasteiger partial charge < -0.3 is 24.8 Å². The number of aromatic nitrogens is 1. The van der Waals surface area contributed by atoms with Crippen LogP contribution in [0.2, 0.25) is 0 Å². The number of nitrogens with two attached hydrogens (primary N) is 1. The third-order valence-corrected chi connectivity index (χ3v) is 7.11. The summed E-state index contributed by atoms with van der Waals surface area (Å²) in [5, 5.41) is 0.567. The van der Waals surface area contributed by atoms with Crippen molar-refractivity contribution in [2.75, 3.05) is 53.2 Å². The Morgan fingerprint density at radius 1 is 1.13 bits per heavy atom. The molecule has 1 unspecified atom stereocenters. The molecule has 0 radical (unpaired) electrons. The molecule has 1 aliphatic carbocycles. The lowest BCUT2D eigenvalue weighted by atomic mass is 9.89. The maximum atomic E-state index is 13.2. The highest BCUT2D eigenvalue weighted by Gasteiger charge is 2.34. The number of ether oxygens (including phenoxy) is 3. The number of amides is 1. The molecular weight excluding hydrogens is 416 g/mol.